The molecule has 2 atom stereocenters. The van der Waals surface area contributed by atoms with Gasteiger partial charge < -0.3 is 19.7 Å². The van der Waals surface area contributed by atoms with Gasteiger partial charge in [0.15, 0.2) is 0 Å². The van der Waals surface area contributed by atoms with Crippen molar-refractivity contribution in [2.75, 3.05) is 31.6 Å². The number of hydrogen-bond acceptors (Lipinski definition) is 3. The minimum Gasteiger partial charge on any atom is -0.378 e. The summed E-state index contributed by atoms with van der Waals surface area (Å²) >= 11 is 0. The van der Waals surface area contributed by atoms with Crippen LogP contribution in [0.25, 0.3) is 0 Å². The van der Waals surface area contributed by atoms with Crippen molar-refractivity contribution in [3.05, 3.63) is 42.5 Å². The van der Waals surface area contributed by atoms with E-state index in [1.807, 2.05) is 42.2 Å². The molecule has 0 aliphatic carbocycles. The molecule has 2 heterocycles. The van der Waals surface area contributed by atoms with Gasteiger partial charge in [0.2, 0.25) is 0 Å². The minimum atomic E-state index is -0.336. The van der Waals surface area contributed by atoms with Crippen LogP contribution in [0, 0.1) is 0 Å². The van der Waals surface area contributed by atoms with E-state index < -0.39 is 0 Å². The molecule has 0 bridgehead atoms. The predicted octanol–water partition coefficient (Wildman–Crippen LogP) is 3.22. The Kier molecular flexibility index (Phi) is 5.21. The molecule has 1 aromatic carbocycles. The first kappa shape index (κ1) is 17.0. The van der Waals surface area contributed by atoms with E-state index in [1.165, 1.54) is 0 Å². The van der Waals surface area contributed by atoms with E-state index in [-0.39, 0.29) is 17.7 Å². The third-order valence-electron chi connectivity index (χ3n) is 4.64. The van der Waals surface area contributed by atoms with Crippen LogP contribution in [-0.2, 0) is 15.9 Å². The van der Waals surface area contributed by atoms with E-state index in [0.717, 1.165) is 30.5 Å². The number of morpholine rings is 1. The van der Waals surface area contributed by atoms with Crippen molar-refractivity contribution in [2.24, 2.45) is 0 Å². The number of rotatable bonds is 4. The number of benzene rings is 1. The summed E-state index contributed by atoms with van der Waals surface area (Å²) in [7, 11) is 0. The minimum absolute atomic E-state index is 0.0159. The van der Waals surface area contributed by atoms with Crippen LogP contribution in [0.5, 0.6) is 0 Å². The number of ether oxygens (including phenoxy) is 2. The van der Waals surface area contributed by atoms with Gasteiger partial charge >= 0.3 is 6.03 Å². The van der Waals surface area contributed by atoms with E-state index in [2.05, 4.69) is 11.9 Å². The van der Waals surface area contributed by atoms with Crippen LogP contribution in [0.3, 0.4) is 0 Å². The zero-order chi connectivity index (χ0) is 17.0. The third-order valence-corrected chi connectivity index (χ3v) is 4.64. The van der Waals surface area contributed by atoms with Gasteiger partial charge in [-0.2, -0.15) is 0 Å². The van der Waals surface area contributed by atoms with Gasteiger partial charge in [0.05, 0.1) is 19.3 Å². The summed E-state index contributed by atoms with van der Waals surface area (Å²) in [5.41, 5.74) is 1.67. The van der Waals surface area contributed by atoms with Crippen molar-refractivity contribution >= 4 is 11.7 Å². The Balaban J connectivity index is 1.69. The highest BCUT2D eigenvalue weighted by molar-refractivity contribution is 5.90. The van der Waals surface area contributed by atoms with Gasteiger partial charge in [0.25, 0.3) is 0 Å². The molecule has 5 nitrogen and oxygen atoms in total. The molecule has 2 fully saturated rings. The Hall–Kier alpha value is -1.85. The highest BCUT2D eigenvalue weighted by Gasteiger charge is 2.44. The molecule has 2 saturated heterocycles. The monoisotopic (exact) mass is 330 g/mol. The van der Waals surface area contributed by atoms with Crippen molar-refractivity contribution in [1.82, 2.24) is 4.90 Å². The molecule has 2 aliphatic heterocycles. The average molecular weight is 330 g/mol. The van der Waals surface area contributed by atoms with Gasteiger partial charge in [-0.05, 0) is 31.4 Å². The number of aryl methyl sites for hydroxylation is 1. The summed E-state index contributed by atoms with van der Waals surface area (Å²) in [5.74, 6) is 0. The average Bonchev–Trinajstić information content (AvgIpc) is 3.00. The van der Waals surface area contributed by atoms with E-state index in [9.17, 15) is 4.79 Å². The first-order valence-corrected chi connectivity index (χ1v) is 8.62. The second-order valence-corrected chi connectivity index (χ2v) is 6.71. The first-order chi connectivity index (χ1) is 11.6. The van der Waals surface area contributed by atoms with Gasteiger partial charge in [0, 0.05) is 25.3 Å². The summed E-state index contributed by atoms with van der Waals surface area (Å²) in [6.45, 7) is 8.23. The van der Waals surface area contributed by atoms with E-state index in [0.29, 0.717) is 26.3 Å². The molecule has 1 aromatic rings. The number of urea groups is 1. The molecule has 2 aliphatic rings. The van der Waals surface area contributed by atoms with Crippen LogP contribution in [0.1, 0.15) is 25.3 Å². The molecular formula is C19H26N2O3. The van der Waals surface area contributed by atoms with Crippen LogP contribution >= 0.6 is 0 Å². The Morgan fingerprint density at radius 3 is 3.08 bits per heavy atom. The Morgan fingerprint density at radius 2 is 2.33 bits per heavy atom. The van der Waals surface area contributed by atoms with E-state index >= 15 is 0 Å². The van der Waals surface area contributed by atoms with Crippen LogP contribution in [-0.4, -0.2) is 48.9 Å². The summed E-state index contributed by atoms with van der Waals surface area (Å²) < 4.78 is 11.6. The number of hydrogen-bond donors (Lipinski definition) is 1. The first-order valence-electron chi connectivity index (χ1n) is 8.62. The highest BCUT2D eigenvalue weighted by atomic mass is 16.6. The number of para-hydroxylation sites is 1. The summed E-state index contributed by atoms with van der Waals surface area (Å²) in [4.78, 5) is 14.6. The lowest BCUT2D eigenvalue weighted by Crippen LogP contribution is -2.57. The molecule has 1 spiro atoms. The largest absolute Gasteiger partial charge is 0.378 e. The van der Waals surface area contributed by atoms with E-state index in [4.69, 9.17) is 9.47 Å². The smallest absolute Gasteiger partial charge is 0.322 e. The van der Waals surface area contributed by atoms with Gasteiger partial charge in [-0.3, -0.25) is 0 Å². The lowest BCUT2D eigenvalue weighted by Gasteiger charge is -2.42. The summed E-state index contributed by atoms with van der Waals surface area (Å²) in [5, 5.41) is 3.07. The van der Waals surface area contributed by atoms with Crippen molar-refractivity contribution in [1.29, 1.82) is 0 Å². The van der Waals surface area contributed by atoms with Crippen molar-refractivity contribution in [3.8, 4) is 0 Å². The van der Waals surface area contributed by atoms with Crippen LogP contribution < -0.4 is 5.32 Å². The highest BCUT2D eigenvalue weighted by Crippen LogP contribution is 2.30. The third kappa shape index (κ3) is 3.79. The second-order valence-electron chi connectivity index (χ2n) is 6.71. The van der Waals surface area contributed by atoms with Gasteiger partial charge in [-0.1, -0.05) is 24.3 Å². The molecular weight excluding hydrogens is 304 g/mol. The Morgan fingerprint density at radius 1 is 1.50 bits per heavy atom. The Bertz CT molecular complexity index is 596. The molecule has 1 N–H and O–H groups in total. The predicted molar refractivity (Wildman–Crippen MR) is 94.3 cm³/mol. The zero-order valence-corrected chi connectivity index (χ0v) is 14.3. The molecule has 0 radical (unpaired) electrons. The number of anilines is 1. The number of carbonyl (C=O) groups is 1. The fourth-order valence-electron chi connectivity index (χ4n) is 3.50. The molecule has 5 heteroatoms. The van der Waals surface area contributed by atoms with Crippen LogP contribution in [0.4, 0.5) is 10.5 Å². The summed E-state index contributed by atoms with van der Waals surface area (Å²) in [6, 6.07) is 7.88. The quantitative estimate of drug-likeness (QED) is 0.863. The molecule has 2 amide bonds. The van der Waals surface area contributed by atoms with E-state index in [1.54, 1.807) is 0 Å². The maximum absolute atomic E-state index is 12.8. The molecule has 0 saturated carbocycles. The van der Waals surface area contributed by atoms with Crippen molar-refractivity contribution in [2.45, 2.75) is 37.9 Å². The SMILES string of the molecule is C=CCCc1ccccc1NC(=O)N1CC(C)OC2(CCOC2)C1. The fourth-order valence-corrected chi connectivity index (χ4v) is 3.50. The molecule has 0 aromatic heterocycles. The topological polar surface area (TPSA) is 50.8 Å². The second kappa shape index (κ2) is 7.36. The molecule has 2 unspecified atom stereocenters. The Labute approximate surface area is 143 Å². The number of nitrogens with one attached hydrogen (secondary N) is 1. The van der Waals surface area contributed by atoms with Crippen molar-refractivity contribution < 1.29 is 14.3 Å². The lowest BCUT2D eigenvalue weighted by molar-refractivity contribution is -0.136. The van der Waals surface area contributed by atoms with Gasteiger partial charge in [-0.15, -0.1) is 6.58 Å². The zero-order valence-electron chi connectivity index (χ0n) is 14.3. The normalized spacial score (nSPS) is 26.5. The van der Waals surface area contributed by atoms with Crippen LogP contribution in [0.15, 0.2) is 36.9 Å². The maximum atomic E-state index is 12.8. The fraction of sp³-hybridized carbons (Fsp3) is 0.526. The molecule has 3 rings (SSSR count). The standard InChI is InChI=1S/C19H26N2O3/c1-3-4-7-16-8-5-6-9-17(16)20-18(22)21-12-15(2)24-19(13-21)10-11-23-14-19/h3,5-6,8-9,15H,1,4,7,10-14H2,2H3,(H,20,22). The van der Waals surface area contributed by atoms with Gasteiger partial charge in [-0.25, -0.2) is 4.79 Å². The number of carbonyl (C=O) groups excluding carboxylic acids is 1. The number of allylic oxidation sites excluding steroid dienone is 1. The van der Waals surface area contributed by atoms with Gasteiger partial charge in [0.1, 0.15) is 5.60 Å². The maximum Gasteiger partial charge on any atom is 0.322 e. The van der Waals surface area contributed by atoms with Crippen molar-refractivity contribution in [3.63, 3.8) is 0 Å². The molecule has 24 heavy (non-hydrogen) atoms. The number of nitrogens with zero attached hydrogens (tertiary/aromatic N) is 1. The number of amides is 2. The molecule has 130 valence electrons. The lowest BCUT2D eigenvalue weighted by atomic mass is 9.99. The van der Waals surface area contributed by atoms with Crippen LogP contribution in [0.2, 0.25) is 0 Å². The summed E-state index contributed by atoms with van der Waals surface area (Å²) in [6.07, 6.45) is 4.52.